The molecule has 3 aromatic rings. The van der Waals surface area contributed by atoms with Crippen LogP contribution in [0, 0.1) is 6.92 Å². The summed E-state index contributed by atoms with van der Waals surface area (Å²) in [6.07, 6.45) is -0.368. The number of hydrogen-bond donors (Lipinski definition) is 1. The molecule has 4 rings (SSSR count). The van der Waals surface area contributed by atoms with Gasteiger partial charge in [0.05, 0.1) is 11.8 Å². The molecule has 1 saturated heterocycles. The van der Waals surface area contributed by atoms with Crippen molar-refractivity contribution in [3.8, 4) is 11.4 Å². The van der Waals surface area contributed by atoms with Gasteiger partial charge in [0.15, 0.2) is 5.82 Å². The van der Waals surface area contributed by atoms with Crippen LogP contribution < -0.4 is 5.32 Å². The fourth-order valence-electron chi connectivity index (χ4n) is 4.70. The topological polar surface area (TPSA) is 105 Å². The lowest BCUT2D eigenvalue weighted by atomic mass is 10.0. The molecule has 2 aromatic carbocycles. The lowest BCUT2D eigenvalue weighted by Crippen LogP contribution is -2.56. The van der Waals surface area contributed by atoms with Crippen molar-refractivity contribution in [1.82, 2.24) is 19.8 Å². The number of ether oxygens (including phenoxy) is 1. The van der Waals surface area contributed by atoms with E-state index in [2.05, 4.69) is 29.1 Å². The van der Waals surface area contributed by atoms with Crippen molar-refractivity contribution < 1.29 is 19.1 Å². The van der Waals surface area contributed by atoms with Crippen molar-refractivity contribution in [2.45, 2.75) is 59.6 Å². The molecule has 0 bridgehead atoms. The predicted molar refractivity (Wildman–Crippen MR) is 154 cm³/mol. The molecule has 9 nitrogen and oxygen atoms in total. The standard InChI is InChI=1S/C31H37N5O4/c1-19(2)23-12-14-25(15-13-23)33-31(39)36-17-16-35(18-21(36)5)29(37)27-26(30(38)40-20(3)4)22(6)32-28(34-27)24-10-8-7-9-11-24/h7-15,19-21H,16-18H2,1-6H3,(H,33,39). The molecule has 0 spiro atoms. The van der Waals surface area contributed by atoms with Crippen LogP contribution in [0.1, 0.15) is 72.6 Å². The third kappa shape index (κ3) is 6.47. The van der Waals surface area contributed by atoms with E-state index in [0.717, 1.165) is 11.3 Å². The molecular weight excluding hydrogens is 506 g/mol. The van der Waals surface area contributed by atoms with Crippen molar-refractivity contribution in [2.75, 3.05) is 25.0 Å². The maximum Gasteiger partial charge on any atom is 0.342 e. The van der Waals surface area contributed by atoms with Gasteiger partial charge in [0.1, 0.15) is 11.3 Å². The third-order valence-corrected chi connectivity index (χ3v) is 6.88. The number of piperazine rings is 1. The first kappa shape index (κ1) is 28.7. The lowest BCUT2D eigenvalue weighted by molar-refractivity contribution is 0.0367. The number of anilines is 1. The summed E-state index contributed by atoms with van der Waals surface area (Å²) in [5.41, 5.74) is 3.10. The average molecular weight is 544 g/mol. The molecule has 0 aliphatic carbocycles. The Hall–Kier alpha value is -4.27. The first-order valence-electron chi connectivity index (χ1n) is 13.7. The van der Waals surface area contributed by atoms with Crippen LogP contribution in [0.3, 0.4) is 0 Å². The Bertz CT molecular complexity index is 1370. The molecule has 1 atom stereocenters. The first-order chi connectivity index (χ1) is 19.0. The van der Waals surface area contributed by atoms with Gasteiger partial charge >= 0.3 is 12.0 Å². The van der Waals surface area contributed by atoms with Gasteiger partial charge in [-0.3, -0.25) is 4.79 Å². The van der Waals surface area contributed by atoms with E-state index in [-0.39, 0.29) is 29.4 Å². The normalized spacial score (nSPS) is 15.3. The minimum absolute atomic E-state index is 0.00680. The van der Waals surface area contributed by atoms with Crippen molar-refractivity contribution in [2.24, 2.45) is 0 Å². The summed E-state index contributed by atoms with van der Waals surface area (Å²) in [7, 11) is 0. The van der Waals surface area contributed by atoms with Gasteiger partial charge in [-0.05, 0) is 51.3 Å². The number of aryl methyl sites for hydroxylation is 1. The number of rotatable bonds is 6. The molecule has 3 amide bonds. The van der Waals surface area contributed by atoms with Crippen molar-refractivity contribution >= 4 is 23.6 Å². The average Bonchev–Trinajstić information content (AvgIpc) is 2.92. The fraction of sp³-hybridized carbons (Fsp3) is 0.387. The highest BCUT2D eigenvalue weighted by Gasteiger charge is 2.34. The van der Waals surface area contributed by atoms with E-state index in [4.69, 9.17) is 4.74 Å². The van der Waals surface area contributed by atoms with Gasteiger partial charge in [0.2, 0.25) is 0 Å². The van der Waals surface area contributed by atoms with Crippen LogP contribution in [0.4, 0.5) is 10.5 Å². The Balaban J connectivity index is 1.55. The highest BCUT2D eigenvalue weighted by atomic mass is 16.5. The summed E-state index contributed by atoms with van der Waals surface area (Å²) < 4.78 is 5.44. The Morgan fingerprint density at radius 3 is 2.23 bits per heavy atom. The first-order valence-corrected chi connectivity index (χ1v) is 13.7. The number of carbonyl (C=O) groups excluding carboxylic acids is 3. The highest BCUT2D eigenvalue weighted by Crippen LogP contribution is 2.23. The van der Waals surface area contributed by atoms with Crippen LogP contribution in [0.15, 0.2) is 54.6 Å². The molecule has 1 aromatic heterocycles. The molecule has 1 fully saturated rings. The van der Waals surface area contributed by atoms with E-state index >= 15 is 0 Å². The second-order valence-electron chi connectivity index (χ2n) is 10.7. The second-order valence-corrected chi connectivity index (χ2v) is 10.7. The number of esters is 1. The molecule has 9 heteroatoms. The summed E-state index contributed by atoms with van der Waals surface area (Å²) in [6, 6.07) is 16.7. The van der Waals surface area contributed by atoms with Gasteiger partial charge in [-0.2, -0.15) is 0 Å². The van der Waals surface area contributed by atoms with Crippen molar-refractivity contribution in [3.05, 3.63) is 77.1 Å². The van der Waals surface area contributed by atoms with Crippen molar-refractivity contribution in [1.29, 1.82) is 0 Å². The number of hydrogen-bond acceptors (Lipinski definition) is 6. The van der Waals surface area contributed by atoms with E-state index in [1.165, 1.54) is 5.56 Å². The van der Waals surface area contributed by atoms with Gasteiger partial charge < -0.3 is 19.9 Å². The zero-order valence-electron chi connectivity index (χ0n) is 24.0. The summed E-state index contributed by atoms with van der Waals surface area (Å²) in [6.45, 7) is 12.2. The zero-order chi connectivity index (χ0) is 29.0. The maximum atomic E-state index is 13.9. The van der Waals surface area contributed by atoms with Crippen LogP contribution in [0.25, 0.3) is 11.4 Å². The SMILES string of the molecule is Cc1nc(-c2ccccc2)nc(C(=O)N2CCN(C(=O)Nc3ccc(C(C)C)cc3)C(C)C2)c1C(=O)OC(C)C. The summed E-state index contributed by atoms with van der Waals surface area (Å²) in [5.74, 6) is -0.262. The van der Waals surface area contributed by atoms with Crippen LogP contribution in [0.2, 0.25) is 0 Å². The minimum Gasteiger partial charge on any atom is -0.459 e. The number of amides is 3. The minimum atomic E-state index is -0.634. The molecule has 1 aliphatic rings. The molecule has 1 unspecified atom stereocenters. The Labute approximate surface area is 235 Å². The second kappa shape index (κ2) is 12.3. The van der Waals surface area contributed by atoms with E-state index in [1.54, 1.807) is 30.6 Å². The number of aromatic nitrogens is 2. The summed E-state index contributed by atoms with van der Waals surface area (Å²) >= 11 is 0. The molecule has 1 N–H and O–H groups in total. The highest BCUT2D eigenvalue weighted by molar-refractivity contribution is 6.05. The lowest BCUT2D eigenvalue weighted by Gasteiger charge is -2.39. The number of benzene rings is 2. The van der Waals surface area contributed by atoms with E-state index in [0.29, 0.717) is 37.1 Å². The molecule has 0 radical (unpaired) electrons. The number of nitrogens with zero attached hydrogens (tertiary/aromatic N) is 4. The van der Waals surface area contributed by atoms with Gasteiger partial charge in [-0.15, -0.1) is 0 Å². The molecule has 40 heavy (non-hydrogen) atoms. The zero-order valence-corrected chi connectivity index (χ0v) is 24.0. The maximum absolute atomic E-state index is 13.9. The van der Waals surface area contributed by atoms with Crippen LogP contribution in [0.5, 0.6) is 0 Å². The fourth-order valence-corrected chi connectivity index (χ4v) is 4.70. The molecule has 2 heterocycles. The Morgan fingerprint density at radius 1 is 0.950 bits per heavy atom. The smallest absolute Gasteiger partial charge is 0.342 e. The quantitative estimate of drug-likeness (QED) is 0.411. The third-order valence-electron chi connectivity index (χ3n) is 6.88. The molecule has 210 valence electrons. The van der Waals surface area contributed by atoms with Gasteiger partial charge in [0, 0.05) is 36.9 Å². The molecule has 1 aliphatic heterocycles. The summed E-state index contributed by atoms with van der Waals surface area (Å²) in [4.78, 5) is 52.4. The predicted octanol–water partition coefficient (Wildman–Crippen LogP) is 5.52. The largest absolute Gasteiger partial charge is 0.459 e. The molecule has 0 saturated carbocycles. The van der Waals surface area contributed by atoms with E-state index < -0.39 is 11.9 Å². The van der Waals surface area contributed by atoms with Crippen LogP contribution >= 0.6 is 0 Å². The van der Waals surface area contributed by atoms with E-state index in [9.17, 15) is 14.4 Å². The molecular formula is C31H37N5O4. The number of nitrogens with one attached hydrogen (secondary N) is 1. The van der Waals surface area contributed by atoms with Gasteiger partial charge in [-0.25, -0.2) is 19.6 Å². The Morgan fingerprint density at radius 2 is 1.62 bits per heavy atom. The number of carbonyl (C=O) groups is 3. The van der Waals surface area contributed by atoms with Crippen LogP contribution in [-0.2, 0) is 4.74 Å². The monoisotopic (exact) mass is 543 g/mol. The Kier molecular flexibility index (Phi) is 8.82. The summed E-state index contributed by atoms with van der Waals surface area (Å²) in [5, 5.41) is 2.96. The number of urea groups is 1. The van der Waals surface area contributed by atoms with Gasteiger partial charge in [0.25, 0.3) is 5.91 Å². The van der Waals surface area contributed by atoms with E-state index in [1.807, 2.05) is 61.5 Å². The van der Waals surface area contributed by atoms with Crippen LogP contribution in [-0.4, -0.2) is 69.5 Å². The van der Waals surface area contributed by atoms with Gasteiger partial charge in [-0.1, -0.05) is 56.3 Å². The van der Waals surface area contributed by atoms with Crippen molar-refractivity contribution in [3.63, 3.8) is 0 Å².